The van der Waals surface area contributed by atoms with Gasteiger partial charge in [-0.25, -0.2) is 9.78 Å². The maximum Gasteiger partial charge on any atom is 0.324 e. The molecule has 0 aliphatic heterocycles. The van der Waals surface area contributed by atoms with E-state index in [-0.39, 0.29) is 6.03 Å². The van der Waals surface area contributed by atoms with Crippen LogP contribution in [0.1, 0.15) is 0 Å². The number of carbonyl (C=O) groups excluding carboxylic acids is 1. The molecule has 0 atom stereocenters. The van der Waals surface area contributed by atoms with E-state index < -0.39 is 0 Å². The van der Waals surface area contributed by atoms with E-state index in [0.717, 1.165) is 0 Å². The van der Waals surface area contributed by atoms with Gasteiger partial charge in [0.2, 0.25) is 0 Å². The van der Waals surface area contributed by atoms with Gasteiger partial charge in [-0.05, 0) is 36.4 Å². The van der Waals surface area contributed by atoms with Crippen LogP contribution >= 0.6 is 11.6 Å². The largest absolute Gasteiger partial charge is 0.397 e. The normalized spacial score (nSPS) is 9.83. The zero-order chi connectivity index (χ0) is 13.0. The second-order valence-electron chi connectivity index (χ2n) is 3.56. The molecule has 2 rings (SSSR count). The standard InChI is InChI=1S/C12H11ClN4O/c13-8-1-4-10(5-2-8)16-12(18)17-11-6-3-9(14)7-15-11/h1-7H,14H2,(H2,15,16,17,18). The molecule has 2 amide bonds. The maximum atomic E-state index is 11.6. The minimum Gasteiger partial charge on any atom is -0.397 e. The lowest BCUT2D eigenvalue weighted by Gasteiger charge is -2.07. The van der Waals surface area contributed by atoms with Gasteiger partial charge in [0.25, 0.3) is 0 Å². The number of benzene rings is 1. The number of rotatable bonds is 2. The average molecular weight is 263 g/mol. The molecular formula is C12H11ClN4O. The Morgan fingerprint density at radius 3 is 2.44 bits per heavy atom. The number of nitrogens with zero attached hydrogens (tertiary/aromatic N) is 1. The Morgan fingerprint density at radius 1 is 1.11 bits per heavy atom. The van der Waals surface area contributed by atoms with Crippen molar-refractivity contribution < 1.29 is 4.79 Å². The van der Waals surface area contributed by atoms with Crippen molar-refractivity contribution in [2.75, 3.05) is 16.4 Å². The molecule has 0 aliphatic carbocycles. The minimum atomic E-state index is -0.380. The lowest BCUT2D eigenvalue weighted by atomic mass is 10.3. The van der Waals surface area contributed by atoms with Crippen LogP contribution in [-0.2, 0) is 0 Å². The zero-order valence-corrected chi connectivity index (χ0v) is 10.1. The first-order chi connectivity index (χ1) is 8.63. The van der Waals surface area contributed by atoms with Crippen LogP contribution in [0, 0.1) is 0 Å². The Morgan fingerprint density at radius 2 is 1.83 bits per heavy atom. The van der Waals surface area contributed by atoms with Crippen molar-refractivity contribution in [3.63, 3.8) is 0 Å². The van der Waals surface area contributed by atoms with Crippen LogP contribution < -0.4 is 16.4 Å². The number of halogens is 1. The quantitative estimate of drug-likeness (QED) is 0.778. The third kappa shape index (κ3) is 3.36. The average Bonchev–Trinajstić information content (AvgIpc) is 2.35. The van der Waals surface area contributed by atoms with Crippen molar-refractivity contribution in [2.24, 2.45) is 0 Å². The highest BCUT2D eigenvalue weighted by Gasteiger charge is 2.03. The fourth-order valence-electron chi connectivity index (χ4n) is 1.29. The fourth-order valence-corrected chi connectivity index (χ4v) is 1.42. The Labute approximate surface area is 109 Å². The molecule has 0 aliphatic rings. The number of nitrogens with two attached hydrogens (primary N) is 1. The van der Waals surface area contributed by atoms with Crippen LogP contribution in [0.25, 0.3) is 0 Å². The number of hydrogen-bond acceptors (Lipinski definition) is 3. The Kier molecular flexibility index (Phi) is 3.64. The van der Waals surface area contributed by atoms with E-state index in [1.54, 1.807) is 36.4 Å². The van der Waals surface area contributed by atoms with Crippen LogP contribution in [0.5, 0.6) is 0 Å². The van der Waals surface area contributed by atoms with E-state index in [0.29, 0.717) is 22.2 Å². The third-order valence-electron chi connectivity index (χ3n) is 2.13. The number of pyridine rings is 1. The highest BCUT2D eigenvalue weighted by atomic mass is 35.5. The van der Waals surface area contributed by atoms with E-state index >= 15 is 0 Å². The summed E-state index contributed by atoms with van der Waals surface area (Å²) in [5.74, 6) is 0.427. The van der Waals surface area contributed by atoms with E-state index in [1.165, 1.54) is 6.20 Å². The number of urea groups is 1. The van der Waals surface area contributed by atoms with Crippen molar-refractivity contribution >= 4 is 34.8 Å². The van der Waals surface area contributed by atoms with Crippen LogP contribution in [0.2, 0.25) is 5.02 Å². The van der Waals surface area contributed by atoms with Gasteiger partial charge in [-0.15, -0.1) is 0 Å². The van der Waals surface area contributed by atoms with E-state index in [2.05, 4.69) is 15.6 Å². The number of amides is 2. The summed E-state index contributed by atoms with van der Waals surface area (Å²) in [6.07, 6.45) is 1.47. The monoisotopic (exact) mass is 262 g/mol. The summed E-state index contributed by atoms with van der Waals surface area (Å²) in [6.45, 7) is 0. The van der Waals surface area contributed by atoms with Crippen LogP contribution in [0.4, 0.5) is 22.0 Å². The topological polar surface area (TPSA) is 80.0 Å². The van der Waals surface area contributed by atoms with Gasteiger partial charge in [0, 0.05) is 10.7 Å². The van der Waals surface area contributed by atoms with Crippen LogP contribution in [-0.4, -0.2) is 11.0 Å². The second-order valence-corrected chi connectivity index (χ2v) is 4.00. The molecule has 4 N–H and O–H groups in total. The first-order valence-corrected chi connectivity index (χ1v) is 5.56. The summed E-state index contributed by atoms with van der Waals surface area (Å²) in [6, 6.07) is 9.70. The first-order valence-electron chi connectivity index (χ1n) is 5.18. The molecule has 5 nitrogen and oxygen atoms in total. The molecular weight excluding hydrogens is 252 g/mol. The molecule has 0 unspecified atom stereocenters. The molecule has 1 aromatic heterocycles. The van der Waals surface area contributed by atoms with Gasteiger partial charge >= 0.3 is 6.03 Å². The van der Waals surface area contributed by atoms with Crippen LogP contribution in [0.15, 0.2) is 42.6 Å². The Balaban J connectivity index is 1.96. The van der Waals surface area contributed by atoms with Crippen molar-refractivity contribution in [1.82, 2.24) is 4.98 Å². The van der Waals surface area contributed by atoms with Gasteiger partial charge in [0.15, 0.2) is 0 Å². The summed E-state index contributed by atoms with van der Waals surface area (Å²) in [5.41, 5.74) is 6.68. The molecule has 0 radical (unpaired) electrons. The fraction of sp³-hybridized carbons (Fsp3) is 0. The minimum absolute atomic E-state index is 0.380. The van der Waals surface area contributed by atoms with Gasteiger partial charge in [-0.1, -0.05) is 11.6 Å². The SMILES string of the molecule is Nc1ccc(NC(=O)Nc2ccc(Cl)cc2)nc1. The number of carbonyl (C=O) groups is 1. The summed E-state index contributed by atoms with van der Waals surface area (Å²) < 4.78 is 0. The zero-order valence-electron chi connectivity index (χ0n) is 9.35. The van der Waals surface area contributed by atoms with Crippen molar-refractivity contribution in [2.45, 2.75) is 0 Å². The Bertz CT molecular complexity index is 490. The third-order valence-corrected chi connectivity index (χ3v) is 2.38. The Hall–Kier alpha value is -2.27. The van der Waals surface area contributed by atoms with E-state index in [4.69, 9.17) is 17.3 Å². The first kappa shape index (κ1) is 12.2. The number of nitrogens with one attached hydrogen (secondary N) is 2. The van der Waals surface area contributed by atoms with Gasteiger partial charge in [-0.2, -0.15) is 0 Å². The predicted molar refractivity (Wildman–Crippen MR) is 72.7 cm³/mol. The second kappa shape index (κ2) is 5.37. The molecule has 0 fully saturated rings. The van der Waals surface area contributed by atoms with Gasteiger partial charge in [-0.3, -0.25) is 5.32 Å². The molecule has 92 valence electrons. The molecule has 1 aromatic carbocycles. The molecule has 0 saturated heterocycles. The van der Waals surface area contributed by atoms with Crippen molar-refractivity contribution in [3.8, 4) is 0 Å². The van der Waals surface area contributed by atoms with Gasteiger partial charge in [0.05, 0.1) is 11.9 Å². The van der Waals surface area contributed by atoms with Gasteiger partial charge < -0.3 is 11.1 Å². The summed E-state index contributed by atoms with van der Waals surface area (Å²) in [5, 5.41) is 5.85. The van der Waals surface area contributed by atoms with Gasteiger partial charge in [0.1, 0.15) is 5.82 Å². The number of aromatic nitrogens is 1. The van der Waals surface area contributed by atoms with E-state index in [1.807, 2.05) is 0 Å². The molecule has 2 aromatic rings. The lowest BCUT2D eigenvalue weighted by Crippen LogP contribution is -2.19. The molecule has 0 spiro atoms. The number of nitrogen functional groups attached to an aromatic ring is 1. The summed E-state index contributed by atoms with van der Waals surface area (Å²) >= 11 is 5.74. The van der Waals surface area contributed by atoms with Crippen molar-refractivity contribution in [3.05, 3.63) is 47.6 Å². The highest BCUT2D eigenvalue weighted by molar-refractivity contribution is 6.30. The van der Waals surface area contributed by atoms with E-state index in [9.17, 15) is 4.79 Å². The van der Waals surface area contributed by atoms with Crippen LogP contribution in [0.3, 0.4) is 0 Å². The molecule has 1 heterocycles. The molecule has 6 heteroatoms. The predicted octanol–water partition coefficient (Wildman–Crippen LogP) is 2.96. The smallest absolute Gasteiger partial charge is 0.324 e. The van der Waals surface area contributed by atoms with Crippen molar-refractivity contribution in [1.29, 1.82) is 0 Å². The lowest BCUT2D eigenvalue weighted by molar-refractivity contribution is 0.262. The number of hydrogen-bond donors (Lipinski definition) is 3. The molecule has 18 heavy (non-hydrogen) atoms. The summed E-state index contributed by atoms with van der Waals surface area (Å²) in [4.78, 5) is 15.6. The molecule has 0 bridgehead atoms. The summed E-state index contributed by atoms with van der Waals surface area (Å²) in [7, 11) is 0. The highest BCUT2D eigenvalue weighted by Crippen LogP contribution is 2.13. The maximum absolute atomic E-state index is 11.6. The number of anilines is 3. The molecule has 0 saturated carbocycles.